The third-order valence-corrected chi connectivity index (χ3v) is 4.10. The molecular weight excluding hydrogens is 232 g/mol. The standard InChI is InChI=1S/C17H30N2/c1-6-14-11-15(10-12(2)16(14)19)17(4,5)9-7-8-13(3)18/h10-11,13H,6-9,18-19H2,1-5H3. The molecule has 2 nitrogen and oxygen atoms in total. The van der Waals surface area contributed by atoms with Crippen molar-refractivity contribution in [2.75, 3.05) is 5.73 Å². The zero-order chi connectivity index (χ0) is 14.6. The number of rotatable bonds is 6. The van der Waals surface area contributed by atoms with Crippen LogP contribution in [0.1, 0.15) is 63.6 Å². The van der Waals surface area contributed by atoms with Crippen molar-refractivity contribution in [2.24, 2.45) is 5.73 Å². The van der Waals surface area contributed by atoms with Gasteiger partial charge in [0.25, 0.3) is 0 Å². The van der Waals surface area contributed by atoms with Gasteiger partial charge in [0.05, 0.1) is 0 Å². The number of benzene rings is 1. The van der Waals surface area contributed by atoms with Gasteiger partial charge in [0.2, 0.25) is 0 Å². The summed E-state index contributed by atoms with van der Waals surface area (Å²) in [6.45, 7) is 11.0. The smallest absolute Gasteiger partial charge is 0.0376 e. The molecule has 0 aliphatic carbocycles. The molecule has 4 N–H and O–H groups in total. The lowest BCUT2D eigenvalue weighted by atomic mass is 9.78. The van der Waals surface area contributed by atoms with Crippen LogP contribution in [-0.2, 0) is 11.8 Å². The minimum absolute atomic E-state index is 0.192. The first kappa shape index (κ1) is 16.0. The molecule has 0 saturated carbocycles. The van der Waals surface area contributed by atoms with E-state index in [1.807, 2.05) is 0 Å². The van der Waals surface area contributed by atoms with E-state index in [1.54, 1.807) is 0 Å². The maximum absolute atomic E-state index is 6.13. The Morgan fingerprint density at radius 3 is 2.42 bits per heavy atom. The summed E-state index contributed by atoms with van der Waals surface area (Å²) in [5.74, 6) is 0. The molecule has 0 spiro atoms. The molecule has 19 heavy (non-hydrogen) atoms. The van der Waals surface area contributed by atoms with Gasteiger partial charge in [-0.2, -0.15) is 0 Å². The second kappa shape index (κ2) is 6.42. The average Bonchev–Trinajstić information content (AvgIpc) is 2.31. The van der Waals surface area contributed by atoms with E-state index in [0.29, 0.717) is 6.04 Å². The van der Waals surface area contributed by atoms with Gasteiger partial charge in [0, 0.05) is 11.7 Å². The van der Waals surface area contributed by atoms with E-state index in [1.165, 1.54) is 29.5 Å². The molecule has 0 bridgehead atoms. The van der Waals surface area contributed by atoms with Gasteiger partial charge in [0.1, 0.15) is 0 Å². The van der Waals surface area contributed by atoms with Crippen LogP contribution in [0.4, 0.5) is 5.69 Å². The summed E-state index contributed by atoms with van der Waals surface area (Å²) >= 11 is 0. The number of hydrogen-bond acceptors (Lipinski definition) is 2. The minimum Gasteiger partial charge on any atom is -0.398 e. The summed E-state index contributed by atoms with van der Waals surface area (Å²) in [5, 5.41) is 0. The summed E-state index contributed by atoms with van der Waals surface area (Å²) < 4.78 is 0. The van der Waals surface area contributed by atoms with Crippen LogP contribution >= 0.6 is 0 Å². The molecular formula is C17H30N2. The SMILES string of the molecule is CCc1cc(C(C)(C)CCCC(C)N)cc(C)c1N. The van der Waals surface area contributed by atoms with Crippen LogP contribution in [0.15, 0.2) is 12.1 Å². The van der Waals surface area contributed by atoms with Crippen molar-refractivity contribution >= 4 is 5.69 Å². The highest BCUT2D eigenvalue weighted by molar-refractivity contribution is 5.56. The van der Waals surface area contributed by atoms with Crippen molar-refractivity contribution < 1.29 is 0 Å². The van der Waals surface area contributed by atoms with Gasteiger partial charge >= 0.3 is 0 Å². The highest BCUT2D eigenvalue weighted by Gasteiger charge is 2.21. The summed E-state index contributed by atoms with van der Waals surface area (Å²) in [7, 11) is 0. The predicted octanol–water partition coefficient (Wildman–Crippen LogP) is 3.93. The Morgan fingerprint density at radius 2 is 1.89 bits per heavy atom. The lowest BCUT2D eigenvalue weighted by Crippen LogP contribution is -2.20. The molecule has 0 aliphatic rings. The van der Waals surface area contributed by atoms with Gasteiger partial charge in [-0.25, -0.2) is 0 Å². The first-order chi connectivity index (χ1) is 8.77. The number of anilines is 1. The molecule has 1 atom stereocenters. The molecule has 0 radical (unpaired) electrons. The van der Waals surface area contributed by atoms with E-state index >= 15 is 0 Å². The Bertz CT molecular complexity index is 420. The van der Waals surface area contributed by atoms with Crippen LogP contribution < -0.4 is 11.5 Å². The van der Waals surface area contributed by atoms with Crippen molar-refractivity contribution in [3.05, 3.63) is 28.8 Å². The molecule has 2 heteroatoms. The molecule has 0 aliphatic heterocycles. The van der Waals surface area contributed by atoms with Gasteiger partial charge in [-0.3, -0.25) is 0 Å². The van der Waals surface area contributed by atoms with Crippen molar-refractivity contribution in [2.45, 2.75) is 71.8 Å². The second-order valence-corrected chi connectivity index (χ2v) is 6.47. The molecule has 1 unspecified atom stereocenters. The van der Waals surface area contributed by atoms with Crippen LogP contribution in [0, 0.1) is 6.92 Å². The van der Waals surface area contributed by atoms with Gasteiger partial charge in [-0.05, 0) is 55.2 Å². The number of hydrogen-bond donors (Lipinski definition) is 2. The van der Waals surface area contributed by atoms with E-state index in [-0.39, 0.29) is 5.41 Å². The number of nitrogen functional groups attached to an aromatic ring is 1. The quantitative estimate of drug-likeness (QED) is 0.763. The zero-order valence-electron chi connectivity index (χ0n) is 13.2. The zero-order valence-corrected chi connectivity index (χ0v) is 13.2. The summed E-state index contributed by atoms with van der Waals surface area (Å²) in [5.41, 5.74) is 17.0. The first-order valence-corrected chi connectivity index (χ1v) is 7.43. The predicted molar refractivity (Wildman–Crippen MR) is 85.5 cm³/mol. The minimum atomic E-state index is 0.192. The second-order valence-electron chi connectivity index (χ2n) is 6.47. The van der Waals surface area contributed by atoms with E-state index in [2.05, 4.69) is 46.8 Å². The summed E-state index contributed by atoms with van der Waals surface area (Å²) in [6, 6.07) is 4.84. The van der Waals surface area contributed by atoms with Crippen molar-refractivity contribution in [3.8, 4) is 0 Å². The fourth-order valence-corrected chi connectivity index (χ4v) is 2.56. The molecule has 0 heterocycles. The van der Waals surface area contributed by atoms with E-state index in [4.69, 9.17) is 11.5 Å². The third kappa shape index (κ3) is 4.24. The molecule has 0 aromatic heterocycles. The maximum Gasteiger partial charge on any atom is 0.0376 e. The fraction of sp³-hybridized carbons (Fsp3) is 0.647. The summed E-state index contributed by atoms with van der Waals surface area (Å²) in [6.07, 6.45) is 4.44. The van der Waals surface area contributed by atoms with Crippen molar-refractivity contribution in [1.29, 1.82) is 0 Å². The number of nitrogens with two attached hydrogens (primary N) is 2. The Labute approximate surface area is 118 Å². The van der Waals surface area contributed by atoms with Crippen LogP contribution in [0.5, 0.6) is 0 Å². The average molecular weight is 262 g/mol. The third-order valence-electron chi connectivity index (χ3n) is 4.10. The molecule has 0 saturated heterocycles. The first-order valence-electron chi connectivity index (χ1n) is 7.43. The Kier molecular flexibility index (Phi) is 5.42. The lowest BCUT2D eigenvalue weighted by molar-refractivity contribution is 0.439. The van der Waals surface area contributed by atoms with Gasteiger partial charge < -0.3 is 11.5 Å². The van der Waals surface area contributed by atoms with Crippen molar-refractivity contribution in [3.63, 3.8) is 0 Å². The monoisotopic (exact) mass is 262 g/mol. The molecule has 0 fully saturated rings. The van der Waals surface area contributed by atoms with Gasteiger partial charge in [-0.1, -0.05) is 39.3 Å². The van der Waals surface area contributed by atoms with E-state index < -0.39 is 0 Å². The van der Waals surface area contributed by atoms with Crippen LogP contribution in [0.2, 0.25) is 0 Å². The number of aryl methyl sites for hydroxylation is 2. The molecule has 108 valence electrons. The van der Waals surface area contributed by atoms with Crippen LogP contribution in [0.25, 0.3) is 0 Å². The normalized spacial score (nSPS) is 13.6. The molecule has 1 rings (SSSR count). The van der Waals surface area contributed by atoms with Crippen LogP contribution in [0.3, 0.4) is 0 Å². The van der Waals surface area contributed by atoms with Crippen LogP contribution in [-0.4, -0.2) is 6.04 Å². The molecule has 1 aromatic rings. The topological polar surface area (TPSA) is 52.0 Å². The van der Waals surface area contributed by atoms with E-state index in [0.717, 1.165) is 18.5 Å². The fourth-order valence-electron chi connectivity index (χ4n) is 2.56. The molecule has 0 amide bonds. The Balaban J connectivity index is 2.91. The van der Waals surface area contributed by atoms with Gasteiger partial charge in [0.15, 0.2) is 0 Å². The lowest BCUT2D eigenvalue weighted by Gasteiger charge is -2.27. The Morgan fingerprint density at radius 1 is 1.26 bits per heavy atom. The summed E-state index contributed by atoms with van der Waals surface area (Å²) in [4.78, 5) is 0. The van der Waals surface area contributed by atoms with E-state index in [9.17, 15) is 0 Å². The Hall–Kier alpha value is -1.02. The highest BCUT2D eigenvalue weighted by Crippen LogP contribution is 2.33. The largest absolute Gasteiger partial charge is 0.398 e. The van der Waals surface area contributed by atoms with Crippen molar-refractivity contribution in [1.82, 2.24) is 0 Å². The maximum atomic E-state index is 6.13. The highest BCUT2D eigenvalue weighted by atomic mass is 14.6. The molecule has 1 aromatic carbocycles. The van der Waals surface area contributed by atoms with Gasteiger partial charge in [-0.15, -0.1) is 0 Å².